The fourth-order valence-electron chi connectivity index (χ4n) is 1.90. The van der Waals surface area contributed by atoms with E-state index in [1.54, 1.807) is 6.07 Å². The molecule has 0 spiro atoms. The van der Waals surface area contributed by atoms with E-state index in [2.05, 4.69) is 10.6 Å². The van der Waals surface area contributed by atoms with Crippen molar-refractivity contribution >= 4 is 23.2 Å². The molecule has 2 amide bonds. The molecule has 1 aliphatic rings. The number of thiophene rings is 1. The van der Waals surface area contributed by atoms with Crippen LogP contribution in [0.4, 0.5) is 0 Å². The van der Waals surface area contributed by atoms with Crippen molar-refractivity contribution in [2.45, 2.75) is 38.3 Å². The van der Waals surface area contributed by atoms with E-state index in [4.69, 9.17) is 0 Å². The van der Waals surface area contributed by atoms with Crippen molar-refractivity contribution in [1.82, 2.24) is 10.6 Å². The van der Waals surface area contributed by atoms with Gasteiger partial charge in [-0.25, -0.2) is 0 Å². The average Bonchev–Trinajstić information content (AvgIpc) is 2.80. The zero-order valence-corrected chi connectivity index (χ0v) is 11.7. The second-order valence-electron chi connectivity index (χ2n) is 4.94. The van der Waals surface area contributed by atoms with Crippen LogP contribution in [0.5, 0.6) is 0 Å². The van der Waals surface area contributed by atoms with Crippen LogP contribution in [-0.2, 0) is 11.3 Å². The van der Waals surface area contributed by atoms with E-state index in [9.17, 15) is 14.7 Å². The number of rotatable bonds is 5. The summed E-state index contributed by atoms with van der Waals surface area (Å²) in [6.07, 6.45) is 2.53. The molecule has 2 rings (SSSR count). The Kier molecular flexibility index (Phi) is 4.21. The van der Waals surface area contributed by atoms with Crippen LogP contribution >= 0.6 is 11.3 Å². The van der Waals surface area contributed by atoms with Gasteiger partial charge in [-0.05, 0) is 31.4 Å². The van der Waals surface area contributed by atoms with E-state index in [1.165, 1.54) is 18.3 Å². The van der Waals surface area contributed by atoms with Gasteiger partial charge in [-0.1, -0.05) is 0 Å². The molecule has 0 radical (unpaired) electrons. The molecule has 1 aromatic heterocycles. The quantitative estimate of drug-likeness (QED) is 0.754. The number of nitrogens with one attached hydrogen (secondary N) is 2. The third-order valence-corrected chi connectivity index (χ3v) is 4.34. The molecule has 3 N–H and O–H groups in total. The summed E-state index contributed by atoms with van der Waals surface area (Å²) in [7, 11) is 0. The second kappa shape index (κ2) is 5.71. The van der Waals surface area contributed by atoms with Gasteiger partial charge in [0.05, 0.1) is 17.0 Å². The van der Waals surface area contributed by atoms with Gasteiger partial charge in [-0.3, -0.25) is 9.59 Å². The molecule has 6 heteroatoms. The standard InChI is InChI=1S/C13H18N2O3S/c1-9(16)14-7-10-3-4-11(19-10)12(17)15-8-13(18)5-2-6-13/h3-4,18H,2,5-8H2,1H3,(H,14,16)(H,15,17). The first-order valence-electron chi connectivity index (χ1n) is 6.32. The Morgan fingerprint density at radius 1 is 1.37 bits per heavy atom. The number of hydrogen-bond donors (Lipinski definition) is 3. The lowest BCUT2D eigenvalue weighted by Crippen LogP contribution is -2.47. The van der Waals surface area contributed by atoms with Gasteiger partial charge in [0.2, 0.25) is 5.91 Å². The Labute approximate surface area is 116 Å². The molecule has 0 aliphatic heterocycles. The molecular formula is C13H18N2O3S. The van der Waals surface area contributed by atoms with E-state index in [1.807, 2.05) is 6.07 Å². The van der Waals surface area contributed by atoms with E-state index in [-0.39, 0.29) is 11.8 Å². The van der Waals surface area contributed by atoms with Crippen LogP contribution in [0.1, 0.15) is 40.7 Å². The van der Waals surface area contributed by atoms with Gasteiger partial charge >= 0.3 is 0 Å². The summed E-state index contributed by atoms with van der Waals surface area (Å²) < 4.78 is 0. The van der Waals surface area contributed by atoms with Crippen LogP contribution in [0.15, 0.2) is 12.1 Å². The van der Waals surface area contributed by atoms with Crippen molar-refractivity contribution < 1.29 is 14.7 Å². The highest BCUT2D eigenvalue weighted by molar-refractivity contribution is 7.14. The molecule has 1 aromatic rings. The first-order valence-corrected chi connectivity index (χ1v) is 7.14. The van der Waals surface area contributed by atoms with E-state index in [0.717, 1.165) is 24.1 Å². The molecule has 19 heavy (non-hydrogen) atoms. The monoisotopic (exact) mass is 282 g/mol. The summed E-state index contributed by atoms with van der Waals surface area (Å²) in [6, 6.07) is 3.57. The minimum Gasteiger partial charge on any atom is -0.388 e. The number of aliphatic hydroxyl groups is 1. The number of carbonyl (C=O) groups excluding carboxylic acids is 2. The highest BCUT2D eigenvalue weighted by Gasteiger charge is 2.34. The molecular weight excluding hydrogens is 264 g/mol. The fraction of sp³-hybridized carbons (Fsp3) is 0.538. The minimum atomic E-state index is -0.702. The predicted molar refractivity (Wildman–Crippen MR) is 73.0 cm³/mol. The Morgan fingerprint density at radius 2 is 2.11 bits per heavy atom. The SMILES string of the molecule is CC(=O)NCc1ccc(C(=O)NCC2(O)CCC2)s1. The molecule has 0 saturated heterocycles. The van der Waals surface area contributed by atoms with Crippen molar-refractivity contribution in [3.05, 3.63) is 21.9 Å². The highest BCUT2D eigenvalue weighted by Crippen LogP contribution is 2.30. The normalized spacial score (nSPS) is 16.5. The maximum absolute atomic E-state index is 11.9. The third-order valence-electron chi connectivity index (χ3n) is 3.26. The van der Waals surface area contributed by atoms with E-state index >= 15 is 0 Å². The molecule has 0 atom stereocenters. The lowest BCUT2D eigenvalue weighted by molar-refractivity contribution is -0.119. The molecule has 0 aromatic carbocycles. The average molecular weight is 282 g/mol. The van der Waals surface area contributed by atoms with Crippen LogP contribution < -0.4 is 10.6 Å². The molecule has 5 nitrogen and oxygen atoms in total. The first kappa shape index (κ1) is 14.0. The lowest BCUT2D eigenvalue weighted by atomic mass is 9.80. The van der Waals surface area contributed by atoms with Gasteiger partial charge in [-0.2, -0.15) is 0 Å². The molecule has 104 valence electrons. The van der Waals surface area contributed by atoms with E-state index in [0.29, 0.717) is 18.0 Å². The summed E-state index contributed by atoms with van der Waals surface area (Å²) in [6.45, 7) is 2.21. The van der Waals surface area contributed by atoms with Crippen LogP contribution in [-0.4, -0.2) is 29.1 Å². The van der Waals surface area contributed by atoms with Gasteiger partial charge in [0.25, 0.3) is 5.91 Å². The summed E-state index contributed by atoms with van der Waals surface area (Å²) in [5.41, 5.74) is -0.702. The molecule has 1 saturated carbocycles. The van der Waals surface area contributed by atoms with Crippen molar-refractivity contribution in [1.29, 1.82) is 0 Å². The van der Waals surface area contributed by atoms with Gasteiger partial charge < -0.3 is 15.7 Å². The number of carbonyl (C=O) groups is 2. The maximum atomic E-state index is 11.9. The van der Waals surface area contributed by atoms with Crippen molar-refractivity contribution in [2.24, 2.45) is 0 Å². The Bertz CT molecular complexity index is 480. The summed E-state index contributed by atoms with van der Waals surface area (Å²) in [4.78, 5) is 24.2. The number of amides is 2. The van der Waals surface area contributed by atoms with Crippen LogP contribution in [0, 0.1) is 0 Å². The molecule has 1 aliphatic carbocycles. The van der Waals surface area contributed by atoms with Gasteiger partial charge in [0, 0.05) is 18.3 Å². The predicted octanol–water partition coefficient (Wildman–Crippen LogP) is 1.03. The van der Waals surface area contributed by atoms with Gasteiger partial charge in [-0.15, -0.1) is 11.3 Å². The lowest BCUT2D eigenvalue weighted by Gasteiger charge is -2.36. The molecule has 1 heterocycles. The third kappa shape index (κ3) is 3.78. The fourth-order valence-corrected chi connectivity index (χ4v) is 2.76. The minimum absolute atomic E-state index is 0.0911. The Morgan fingerprint density at radius 3 is 2.68 bits per heavy atom. The van der Waals surface area contributed by atoms with Crippen molar-refractivity contribution in [3.63, 3.8) is 0 Å². The van der Waals surface area contributed by atoms with E-state index < -0.39 is 5.60 Å². The molecule has 0 unspecified atom stereocenters. The largest absolute Gasteiger partial charge is 0.388 e. The summed E-state index contributed by atoms with van der Waals surface area (Å²) in [5, 5.41) is 15.3. The second-order valence-corrected chi connectivity index (χ2v) is 6.10. The smallest absolute Gasteiger partial charge is 0.261 e. The zero-order chi connectivity index (χ0) is 13.9. The first-order chi connectivity index (χ1) is 8.98. The number of hydrogen-bond acceptors (Lipinski definition) is 4. The van der Waals surface area contributed by atoms with Crippen LogP contribution in [0.2, 0.25) is 0 Å². The van der Waals surface area contributed by atoms with Crippen LogP contribution in [0.3, 0.4) is 0 Å². The summed E-state index contributed by atoms with van der Waals surface area (Å²) in [5.74, 6) is -0.258. The summed E-state index contributed by atoms with van der Waals surface area (Å²) >= 11 is 1.35. The Hall–Kier alpha value is -1.40. The van der Waals surface area contributed by atoms with Crippen molar-refractivity contribution in [2.75, 3.05) is 6.54 Å². The van der Waals surface area contributed by atoms with Gasteiger partial charge in [0.1, 0.15) is 0 Å². The maximum Gasteiger partial charge on any atom is 0.261 e. The zero-order valence-electron chi connectivity index (χ0n) is 10.9. The molecule has 0 bridgehead atoms. The highest BCUT2D eigenvalue weighted by atomic mass is 32.1. The Balaban J connectivity index is 1.83. The van der Waals surface area contributed by atoms with Crippen LogP contribution in [0.25, 0.3) is 0 Å². The molecule has 1 fully saturated rings. The van der Waals surface area contributed by atoms with Crippen molar-refractivity contribution in [3.8, 4) is 0 Å². The topological polar surface area (TPSA) is 78.4 Å². The van der Waals surface area contributed by atoms with Gasteiger partial charge in [0.15, 0.2) is 0 Å².